The van der Waals surface area contributed by atoms with Crippen molar-refractivity contribution < 1.29 is 9.90 Å². The van der Waals surface area contributed by atoms with Gasteiger partial charge in [0.2, 0.25) is 0 Å². The van der Waals surface area contributed by atoms with Crippen LogP contribution in [-0.4, -0.2) is 11.0 Å². The second-order valence-electron chi connectivity index (χ2n) is 3.76. The Hall–Kier alpha value is -1.39. The lowest BCUT2D eigenvalue weighted by Gasteiger charge is -2.07. The van der Waals surface area contributed by atoms with Gasteiger partial charge >= 0.3 is 0 Å². The summed E-state index contributed by atoms with van der Waals surface area (Å²) in [5, 5.41) is 14.4. The molecule has 1 aliphatic rings. The Balaban J connectivity index is 2.43. The fourth-order valence-electron chi connectivity index (χ4n) is 2.04. The third-order valence-electron chi connectivity index (χ3n) is 2.82. The van der Waals surface area contributed by atoms with Crippen molar-refractivity contribution in [1.82, 2.24) is 0 Å². The number of rotatable bonds is 0. The van der Waals surface area contributed by atoms with Crippen LogP contribution in [0.4, 0.5) is 5.69 Å². The third kappa shape index (κ3) is 1.20. The Bertz CT molecular complexity index is 609. The number of amides is 1. The molecule has 1 amide bonds. The number of aliphatic hydroxyl groups excluding tert-OH is 1. The summed E-state index contributed by atoms with van der Waals surface area (Å²) >= 11 is 3.45. The molecule has 0 aliphatic carbocycles. The van der Waals surface area contributed by atoms with E-state index in [4.69, 9.17) is 0 Å². The molecule has 2 aromatic carbocycles. The molecule has 0 aromatic heterocycles. The van der Waals surface area contributed by atoms with E-state index in [0.29, 0.717) is 5.56 Å². The molecule has 1 heterocycles. The topological polar surface area (TPSA) is 49.3 Å². The largest absolute Gasteiger partial charge is 0.378 e. The molecule has 0 bridgehead atoms. The van der Waals surface area contributed by atoms with E-state index in [1.807, 2.05) is 24.3 Å². The highest BCUT2D eigenvalue weighted by Crippen LogP contribution is 2.40. The van der Waals surface area contributed by atoms with Crippen LogP contribution in [0.3, 0.4) is 0 Å². The van der Waals surface area contributed by atoms with E-state index in [-0.39, 0.29) is 5.91 Å². The predicted octanol–water partition coefficient (Wildman–Crippen LogP) is 2.59. The lowest BCUT2D eigenvalue weighted by atomic mass is 10.0. The average molecular weight is 278 g/mol. The van der Waals surface area contributed by atoms with Crippen molar-refractivity contribution in [2.75, 3.05) is 5.32 Å². The smallest absolute Gasteiger partial charge is 0.257 e. The first-order valence-electron chi connectivity index (χ1n) is 4.88. The van der Waals surface area contributed by atoms with Crippen molar-refractivity contribution in [3.8, 4) is 0 Å². The van der Waals surface area contributed by atoms with E-state index >= 15 is 0 Å². The second kappa shape index (κ2) is 3.30. The fraction of sp³-hybridized carbons (Fsp3) is 0.0833. The highest BCUT2D eigenvalue weighted by Gasteiger charge is 2.30. The van der Waals surface area contributed by atoms with Gasteiger partial charge in [0.1, 0.15) is 0 Å². The van der Waals surface area contributed by atoms with Crippen LogP contribution in [0.2, 0.25) is 0 Å². The molecule has 0 radical (unpaired) electrons. The van der Waals surface area contributed by atoms with Crippen molar-refractivity contribution in [3.05, 3.63) is 40.4 Å². The molecular weight excluding hydrogens is 270 g/mol. The van der Waals surface area contributed by atoms with Crippen LogP contribution in [0.15, 0.2) is 34.8 Å². The van der Waals surface area contributed by atoms with Gasteiger partial charge in [-0.3, -0.25) is 4.79 Å². The van der Waals surface area contributed by atoms with E-state index in [1.54, 1.807) is 6.07 Å². The Morgan fingerprint density at radius 3 is 2.69 bits per heavy atom. The highest BCUT2D eigenvalue weighted by molar-refractivity contribution is 9.10. The number of carbonyl (C=O) groups is 1. The molecule has 0 fully saturated rings. The van der Waals surface area contributed by atoms with Crippen LogP contribution < -0.4 is 5.32 Å². The molecule has 1 aliphatic heterocycles. The summed E-state index contributed by atoms with van der Waals surface area (Å²) in [5.41, 5.74) is 1.35. The number of carbonyl (C=O) groups excluding carboxylic acids is 1. The van der Waals surface area contributed by atoms with Gasteiger partial charge in [0.05, 0.1) is 5.69 Å². The fourth-order valence-corrected chi connectivity index (χ4v) is 2.63. The first-order chi connectivity index (χ1) is 7.68. The zero-order valence-electron chi connectivity index (χ0n) is 8.20. The summed E-state index contributed by atoms with van der Waals surface area (Å²) in [6, 6.07) is 9.53. The van der Waals surface area contributed by atoms with Crippen LogP contribution in [0, 0.1) is 0 Å². The van der Waals surface area contributed by atoms with Gasteiger partial charge in [0, 0.05) is 15.4 Å². The summed E-state index contributed by atoms with van der Waals surface area (Å²) in [7, 11) is 0. The van der Waals surface area contributed by atoms with Crippen molar-refractivity contribution >= 4 is 38.3 Å². The number of benzene rings is 2. The van der Waals surface area contributed by atoms with E-state index in [2.05, 4.69) is 21.2 Å². The number of hydrogen-bond acceptors (Lipinski definition) is 2. The number of nitrogens with one attached hydrogen (secondary N) is 1. The maximum atomic E-state index is 11.4. The molecule has 1 unspecified atom stereocenters. The molecule has 4 heteroatoms. The van der Waals surface area contributed by atoms with Gasteiger partial charge < -0.3 is 10.4 Å². The molecule has 16 heavy (non-hydrogen) atoms. The summed E-state index contributed by atoms with van der Waals surface area (Å²) in [6.07, 6.45) is -1.06. The van der Waals surface area contributed by atoms with Gasteiger partial charge in [-0.2, -0.15) is 0 Å². The SMILES string of the molecule is O=C1Nc2c(cc(Br)c3ccccc23)C1O. The lowest BCUT2D eigenvalue weighted by Crippen LogP contribution is -2.10. The van der Waals surface area contributed by atoms with E-state index in [1.165, 1.54) is 0 Å². The number of hydrogen-bond donors (Lipinski definition) is 2. The Labute approximate surface area is 100 Å². The first kappa shape index (κ1) is 9.81. The first-order valence-corrected chi connectivity index (χ1v) is 5.68. The van der Waals surface area contributed by atoms with Crippen LogP contribution in [-0.2, 0) is 4.79 Å². The Morgan fingerprint density at radius 2 is 1.94 bits per heavy atom. The highest BCUT2D eigenvalue weighted by atomic mass is 79.9. The second-order valence-corrected chi connectivity index (χ2v) is 4.61. The van der Waals surface area contributed by atoms with Gasteiger partial charge in [-0.15, -0.1) is 0 Å². The quantitative estimate of drug-likeness (QED) is 0.778. The summed E-state index contributed by atoms with van der Waals surface area (Å²) in [5.74, 6) is -0.363. The van der Waals surface area contributed by atoms with Crippen LogP contribution in [0.5, 0.6) is 0 Å². The van der Waals surface area contributed by atoms with E-state index < -0.39 is 6.10 Å². The monoisotopic (exact) mass is 277 g/mol. The van der Waals surface area contributed by atoms with Crippen LogP contribution in [0.1, 0.15) is 11.7 Å². The summed E-state index contributed by atoms with van der Waals surface area (Å²) < 4.78 is 0.886. The molecule has 3 rings (SSSR count). The maximum Gasteiger partial charge on any atom is 0.257 e. The van der Waals surface area contributed by atoms with Gasteiger partial charge in [-0.05, 0) is 11.5 Å². The molecule has 2 aromatic rings. The van der Waals surface area contributed by atoms with Gasteiger partial charge in [-0.25, -0.2) is 0 Å². The zero-order valence-corrected chi connectivity index (χ0v) is 9.78. The Kier molecular flexibility index (Phi) is 2.02. The molecule has 0 saturated carbocycles. The molecule has 2 N–H and O–H groups in total. The average Bonchev–Trinajstić information content (AvgIpc) is 2.57. The number of anilines is 1. The predicted molar refractivity (Wildman–Crippen MR) is 65.2 cm³/mol. The standard InChI is InChI=1S/C12H8BrNO2/c13-9-5-8-10(14-12(16)11(8)15)7-4-2-1-3-6(7)9/h1-5,11,15H,(H,14,16). The molecule has 1 atom stereocenters. The minimum Gasteiger partial charge on any atom is -0.378 e. The third-order valence-corrected chi connectivity index (χ3v) is 3.47. The van der Waals surface area contributed by atoms with Crippen LogP contribution in [0.25, 0.3) is 10.8 Å². The normalized spacial score (nSPS) is 18.6. The molecular formula is C12H8BrNO2. The number of fused-ring (bicyclic) bond motifs is 3. The lowest BCUT2D eigenvalue weighted by molar-refractivity contribution is -0.123. The molecule has 0 saturated heterocycles. The van der Waals surface area contributed by atoms with E-state index in [0.717, 1.165) is 20.9 Å². The minimum absolute atomic E-state index is 0.363. The summed E-state index contributed by atoms with van der Waals surface area (Å²) in [6.45, 7) is 0. The molecule has 80 valence electrons. The van der Waals surface area contributed by atoms with Crippen molar-refractivity contribution in [3.63, 3.8) is 0 Å². The number of aliphatic hydroxyl groups is 1. The van der Waals surface area contributed by atoms with E-state index in [9.17, 15) is 9.90 Å². The van der Waals surface area contributed by atoms with Crippen molar-refractivity contribution in [2.45, 2.75) is 6.10 Å². The zero-order chi connectivity index (χ0) is 11.3. The van der Waals surface area contributed by atoms with Crippen molar-refractivity contribution in [2.24, 2.45) is 0 Å². The van der Waals surface area contributed by atoms with Gasteiger partial charge in [-0.1, -0.05) is 40.2 Å². The minimum atomic E-state index is -1.06. The maximum absolute atomic E-state index is 11.4. The molecule has 0 spiro atoms. The van der Waals surface area contributed by atoms with Crippen LogP contribution >= 0.6 is 15.9 Å². The summed E-state index contributed by atoms with van der Waals surface area (Å²) in [4.78, 5) is 11.4. The van der Waals surface area contributed by atoms with Gasteiger partial charge in [0.15, 0.2) is 6.10 Å². The van der Waals surface area contributed by atoms with Gasteiger partial charge in [0.25, 0.3) is 5.91 Å². The molecule has 3 nitrogen and oxygen atoms in total. The number of halogens is 1. The Morgan fingerprint density at radius 1 is 1.25 bits per heavy atom. The van der Waals surface area contributed by atoms with Crippen molar-refractivity contribution in [1.29, 1.82) is 0 Å².